The quantitative estimate of drug-likeness (QED) is 0.630. The molecule has 24 heavy (non-hydrogen) atoms. The molecule has 0 bridgehead atoms. The Morgan fingerprint density at radius 2 is 1.79 bits per heavy atom. The summed E-state index contributed by atoms with van der Waals surface area (Å²) in [4.78, 5) is 37.4. The first-order valence-electron chi connectivity index (χ1n) is 7.37. The van der Waals surface area contributed by atoms with Gasteiger partial charge in [0.1, 0.15) is 0 Å². The van der Waals surface area contributed by atoms with Gasteiger partial charge in [-0.05, 0) is 23.8 Å². The summed E-state index contributed by atoms with van der Waals surface area (Å²) in [5.74, 6) is -1.32. The first kappa shape index (κ1) is 15.7. The molecule has 120 valence electrons. The topological polar surface area (TPSA) is 63.7 Å². The van der Waals surface area contributed by atoms with Gasteiger partial charge in [-0.3, -0.25) is 9.59 Å². The third-order valence-corrected chi connectivity index (χ3v) is 3.81. The number of rotatable bonds is 2. The molecule has 0 atom stereocenters. The number of hydrogen-bond donors (Lipinski definition) is 0. The van der Waals surface area contributed by atoms with Gasteiger partial charge in [-0.1, -0.05) is 36.4 Å². The Hall–Kier alpha value is -3.21. The summed E-state index contributed by atoms with van der Waals surface area (Å²) >= 11 is 0. The van der Waals surface area contributed by atoms with Crippen LogP contribution in [0.1, 0.15) is 28.4 Å². The lowest BCUT2D eigenvalue weighted by molar-refractivity contribution is -0.122. The number of carbonyl (C=O) groups excluding carboxylic acids is 3. The van der Waals surface area contributed by atoms with Crippen LogP contribution in [-0.4, -0.2) is 24.9 Å². The van der Waals surface area contributed by atoms with Crippen molar-refractivity contribution in [1.29, 1.82) is 0 Å². The van der Waals surface area contributed by atoms with Crippen LogP contribution in [0.3, 0.4) is 0 Å². The van der Waals surface area contributed by atoms with Gasteiger partial charge >= 0.3 is 5.97 Å². The van der Waals surface area contributed by atoms with Crippen LogP contribution in [0, 0.1) is 0 Å². The van der Waals surface area contributed by atoms with Crippen LogP contribution in [0.2, 0.25) is 0 Å². The summed E-state index contributed by atoms with van der Waals surface area (Å²) in [5, 5.41) is 0. The lowest BCUT2D eigenvalue weighted by Crippen LogP contribution is -2.31. The lowest BCUT2D eigenvalue weighted by Gasteiger charge is -2.12. The predicted molar refractivity (Wildman–Crippen MR) is 90.3 cm³/mol. The Kier molecular flexibility index (Phi) is 4.00. The number of anilines is 1. The van der Waals surface area contributed by atoms with Crippen molar-refractivity contribution in [3.8, 4) is 0 Å². The molecule has 5 heteroatoms. The van der Waals surface area contributed by atoms with Crippen LogP contribution in [-0.2, 0) is 14.3 Å². The molecule has 0 fully saturated rings. The summed E-state index contributed by atoms with van der Waals surface area (Å²) in [6, 6.07) is 14.1. The van der Waals surface area contributed by atoms with E-state index in [1.807, 2.05) is 30.3 Å². The average molecular weight is 321 g/mol. The zero-order valence-electron chi connectivity index (χ0n) is 13.3. The highest BCUT2D eigenvalue weighted by molar-refractivity contribution is 6.42. The van der Waals surface area contributed by atoms with E-state index in [9.17, 15) is 14.4 Å². The number of esters is 1. The molecule has 1 aliphatic rings. The SMILES string of the molecule is COC(=O)c1ccc2c(c1)N(C(C)=O)C(=O)/C2=C\c1ccccc1. The molecule has 0 N–H and O–H groups in total. The molecule has 0 unspecified atom stereocenters. The van der Waals surface area contributed by atoms with Crippen LogP contribution in [0.5, 0.6) is 0 Å². The number of nitrogens with zero attached hydrogens (tertiary/aromatic N) is 1. The van der Waals surface area contributed by atoms with Crippen molar-refractivity contribution < 1.29 is 19.1 Å². The average Bonchev–Trinajstić information content (AvgIpc) is 2.86. The highest BCUT2D eigenvalue weighted by Gasteiger charge is 2.35. The molecule has 2 aromatic rings. The molecule has 5 nitrogen and oxygen atoms in total. The molecule has 0 saturated heterocycles. The van der Waals surface area contributed by atoms with E-state index in [4.69, 9.17) is 4.74 Å². The van der Waals surface area contributed by atoms with Crippen LogP contribution in [0.4, 0.5) is 5.69 Å². The molecule has 2 amide bonds. The number of carbonyl (C=O) groups is 3. The highest BCUT2D eigenvalue weighted by atomic mass is 16.5. The molecule has 0 radical (unpaired) electrons. The Bertz CT molecular complexity index is 868. The molecule has 1 heterocycles. The van der Waals surface area contributed by atoms with Crippen molar-refractivity contribution in [2.45, 2.75) is 6.92 Å². The molecule has 2 aromatic carbocycles. The number of imide groups is 1. The fourth-order valence-corrected chi connectivity index (χ4v) is 2.70. The number of benzene rings is 2. The second-order valence-corrected chi connectivity index (χ2v) is 5.35. The van der Waals surface area contributed by atoms with E-state index in [1.165, 1.54) is 20.1 Å². The van der Waals surface area contributed by atoms with Crippen LogP contribution in [0.15, 0.2) is 48.5 Å². The van der Waals surface area contributed by atoms with Crippen LogP contribution < -0.4 is 4.90 Å². The Morgan fingerprint density at radius 3 is 2.42 bits per heavy atom. The van der Waals surface area contributed by atoms with E-state index in [0.29, 0.717) is 16.8 Å². The van der Waals surface area contributed by atoms with Gasteiger partial charge < -0.3 is 4.74 Å². The molecule has 3 rings (SSSR count). The summed E-state index contributed by atoms with van der Waals surface area (Å²) in [7, 11) is 1.28. The smallest absolute Gasteiger partial charge is 0.337 e. The van der Waals surface area contributed by atoms with Crippen LogP contribution >= 0.6 is 0 Å². The molecule has 0 aromatic heterocycles. The van der Waals surface area contributed by atoms with Gasteiger partial charge in [-0.25, -0.2) is 9.69 Å². The molecular weight excluding hydrogens is 306 g/mol. The summed E-state index contributed by atoms with van der Waals surface area (Å²) in [5.41, 5.74) is 2.58. The molecule has 0 saturated carbocycles. The highest BCUT2D eigenvalue weighted by Crippen LogP contribution is 2.38. The Morgan fingerprint density at radius 1 is 1.08 bits per heavy atom. The van der Waals surface area contributed by atoms with Crippen LogP contribution in [0.25, 0.3) is 11.6 Å². The number of ether oxygens (including phenoxy) is 1. The van der Waals surface area contributed by atoms with Gasteiger partial charge in [-0.15, -0.1) is 0 Å². The van der Waals surface area contributed by atoms with E-state index in [1.54, 1.807) is 18.2 Å². The lowest BCUT2D eigenvalue weighted by atomic mass is 10.0. The van der Waals surface area contributed by atoms with Gasteiger partial charge in [0.15, 0.2) is 0 Å². The number of fused-ring (bicyclic) bond motifs is 1. The first-order chi connectivity index (χ1) is 11.5. The minimum atomic E-state index is -0.519. The molecule has 1 aliphatic heterocycles. The monoisotopic (exact) mass is 321 g/mol. The van der Waals surface area contributed by atoms with Crippen molar-refractivity contribution in [1.82, 2.24) is 0 Å². The van der Waals surface area contributed by atoms with E-state index >= 15 is 0 Å². The van der Waals surface area contributed by atoms with Gasteiger partial charge in [0.05, 0.1) is 23.9 Å². The van der Waals surface area contributed by atoms with E-state index in [2.05, 4.69) is 0 Å². The zero-order chi connectivity index (χ0) is 17.3. The normalized spacial score (nSPS) is 14.7. The van der Waals surface area contributed by atoms with Crippen molar-refractivity contribution in [3.63, 3.8) is 0 Å². The van der Waals surface area contributed by atoms with Crippen molar-refractivity contribution >= 4 is 35.1 Å². The van der Waals surface area contributed by atoms with E-state index < -0.39 is 17.8 Å². The standard InChI is InChI=1S/C19H15NO4/c1-12(21)20-17-11-14(19(23)24-2)8-9-15(17)16(18(20)22)10-13-6-4-3-5-7-13/h3-11H,1-2H3/b16-10-. The van der Waals surface area contributed by atoms with Crippen molar-refractivity contribution in [2.24, 2.45) is 0 Å². The maximum Gasteiger partial charge on any atom is 0.337 e. The maximum atomic E-state index is 12.7. The largest absolute Gasteiger partial charge is 0.465 e. The fraction of sp³-hybridized carbons (Fsp3) is 0.105. The second kappa shape index (κ2) is 6.12. The van der Waals surface area contributed by atoms with Crippen molar-refractivity contribution in [3.05, 3.63) is 65.2 Å². The Balaban J connectivity index is 2.16. The minimum Gasteiger partial charge on any atom is -0.465 e. The van der Waals surface area contributed by atoms with Gasteiger partial charge in [0.25, 0.3) is 5.91 Å². The van der Waals surface area contributed by atoms with Gasteiger partial charge in [-0.2, -0.15) is 0 Å². The molecule has 0 aliphatic carbocycles. The van der Waals surface area contributed by atoms with E-state index in [0.717, 1.165) is 10.5 Å². The first-order valence-corrected chi connectivity index (χ1v) is 7.37. The summed E-state index contributed by atoms with van der Waals surface area (Å²) in [6.07, 6.45) is 1.74. The Labute approximate surface area is 139 Å². The number of methoxy groups -OCH3 is 1. The van der Waals surface area contributed by atoms with Crippen molar-refractivity contribution in [2.75, 3.05) is 12.0 Å². The minimum absolute atomic E-state index is 0.288. The molecule has 0 spiro atoms. The number of hydrogen-bond acceptors (Lipinski definition) is 4. The second-order valence-electron chi connectivity index (χ2n) is 5.35. The molecular formula is C19H15NO4. The predicted octanol–water partition coefficient (Wildman–Crippen LogP) is 2.91. The van der Waals surface area contributed by atoms with E-state index in [-0.39, 0.29) is 5.56 Å². The maximum absolute atomic E-state index is 12.7. The summed E-state index contributed by atoms with van der Waals surface area (Å²) in [6.45, 7) is 1.32. The third kappa shape index (κ3) is 2.60. The zero-order valence-corrected chi connectivity index (χ0v) is 13.3. The third-order valence-electron chi connectivity index (χ3n) is 3.81. The fourth-order valence-electron chi connectivity index (χ4n) is 2.70. The summed E-state index contributed by atoms with van der Waals surface area (Å²) < 4.78 is 4.70. The number of amides is 2. The van der Waals surface area contributed by atoms with Gasteiger partial charge in [0.2, 0.25) is 5.91 Å². The van der Waals surface area contributed by atoms with Gasteiger partial charge in [0, 0.05) is 12.5 Å².